The monoisotopic (exact) mass is 278 g/mol. The van der Waals surface area contributed by atoms with E-state index in [1.54, 1.807) is 0 Å². The standard InChI is InChI=1S/C16H30N4/c1-3-17-16(18-9-8-13-4-5-13)19-14-10-12(2)20(11-14)15-6-7-15/h12-15H,3-11H2,1-2H3,(H2,17,18,19). The van der Waals surface area contributed by atoms with E-state index in [0.717, 1.165) is 37.1 Å². The number of hydrogen-bond acceptors (Lipinski definition) is 2. The van der Waals surface area contributed by atoms with Crippen LogP contribution in [0, 0.1) is 5.92 Å². The van der Waals surface area contributed by atoms with Gasteiger partial charge in [-0.15, -0.1) is 0 Å². The van der Waals surface area contributed by atoms with Crippen molar-refractivity contribution >= 4 is 5.96 Å². The maximum absolute atomic E-state index is 4.74. The molecule has 4 heteroatoms. The first kappa shape index (κ1) is 14.2. The summed E-state index contributed by atoms with van der Waals surface area (Å²) in [6.07, 6.45) is 8.19. The van der Waals surface area contributed by atoms with Crippen LogP contribution in [0.15, 0.2) is 4.99 Å². The van der Waals surface area contributed by atoms with Gasteiger partial charge >= 0.3 is 0 Å². The Morgan fingerprint density at radius 2 is 2.05 bits per heavy atom. The molecule has 3 aliphatic rings. The fourth-order valence-corrected chi connectivity index (χ4v) is 3.35. The third-order valence-electron chi connectivity index (χ3n) is 4.83. The highest BCUT2D eigenvalue weighted by Crippen LogP contribution is 2.33. The molecule has 1 saturated heterocycles. The lowest BCUT2D eigenvalue weighted by atomic mass is 10.2. The molecule has 0 aromatic heterocycles. The molecule has 3 fully saturated rings. The third-order valence-corrected chi connectivity index (χ3v) is 4.83. The van der Waals surface area contributed by atoms with E-state index < -0.39 is 0 Å². The largest absolute Gasteiger partial charge is 0.357 e. The number of nitrogens with one attached hydrogen (secondary N) is 2. The lowest BCUT2D eigenvalue weighted by Gasteiger charge is -2.20. The molecule has 0 amide bonds. The molecule has 20 heavy (non-hydrogen) atoms. The van der Waals surface area contributed by atoms with Crippen LogP contribution < -0.4 is 10.6 Å². The Hall–Kier alpha value is -0.770. The average Bonchev–Trinajstić information content (AvgIpc) is 3.31. The first-order valence-corrected chi connectivity index (χ1v) is 8.57. The zero-order valence-corrected chi connectivity index (χ0v) is 13.1. The smallest absolute Gasteiger partial charge is 0.191 e. The molecule has 3 rings (SSSR count). The van der Waals surface area contributed by atoms with Gasteiger partial charge in [0, 0.05) is 37.8 Å². The molecule has 1 heterocycles. The summed E-state index contributed by atoms with van der Waals surface area (Å²) in [6, 6.07) is 2.19. The predicted molar refractivity (Wildman–Crippen MR) is 84.1 cm³/mol. The maximum Gasteiger partial charge on any atom is 0.191 e. The van der Waals surface area contributed by atoms with Crippen molar-refractivity contribution in [3.8, 4) is 0 Å². The van der Waals surface area contributed by atoms with Crippen LogP contribution in [-0.4, -0.2) is 48.6 Å². The summed E-state index contributed by atoms with van der Waals surface area (Å²) in [5.41, 5.74) is 0. The molecule has 0 aromatic rings. The van der Waals surface area contributed by atoms with Crippen LogP contribution in [0.2, 0.25) is 0 Å². The summed E-state index contributed by atoms with van der Waals surface area (Å²) in [4.78, 5) is 7.43. The second-order valence-electron chi connectivity index (χ2n) is 6.85. The van der Waals surface area contributed by atoms with Gasteiger partial charge in [0.05, 0.1) is 0 Å². The quantitative estimate of drug-likeness (QED) is 0.576. The van der Waals surface area contributed by atoms with Crippen molar-refractivity contribution in [3.05, 3.63) is 0 Å². The summed E-state index contributed by atoms with van der Waals surface area (Å²) >= 11 is 0. The molecule has 2 aliphatic carbocycles. The van der Waals surface area contributed by atoms with Gasteiger partial charge in [0.25, 0.3) is 0 Å². The van der Waals surface area contributed by atoms with Gasteiger partial charge in [-0.1, -0.05) is 12.8 Å². The second kappa shape index (κ2) is 6.33. The van der Waals surface area contributed by atoms with E-state index in [9.17, 15) is 0 Å². The maximum atomic E-state index is 4.74. The summed E-state index contributed by atoms with van der Waals surface area (Å²) in [5, 5.41) is 7.05. The zero-order chi connectivity index (χ0) is 13.9. The fourth-order valence-electron chi connectivity index (χ4n) is 3.35. The van der Waals surface area contributed by atoms with Crippen LogP contribution in [0.1, 0.15) is 52.4 Å². The number of guanidine groups is 1. The van der Waals surface area contributed by atoms with Crippen LogP contribution in [-0.2, 0) is 0 Å². The van der Waals surface area contributed by atoms with Gasteiger partial charge in [-0.25, -0.2) is 0 Å². The Morgan fingerprint density at radius 1 is 1.25 bits per heavy atom. The second-order valence-corrected chi connectivity index (χ2v) is 6.85. The Labute approximate surface area is 123 Å². The molecule has 0 spiro atoms. The van der Waals surface area contributed by atoms with E-state index in [4.69, 9.17) is 4.99 Å². The fraction of sp³-hybridized carbons (Fsp3) is 0.938. The molecule has 1 aliphatic heterocycles. The minimum absolute atomic E-state index is 0.573. The predicted octanol–water partition coefficient (Wildman–Crippen LogP) is 1.97. The molecule has 2 N–H and O–H groups in total. The van der Waals surface area contributed by atoms with Crippen molar-refractivity contribution in [2.75, 3.05) is 19.6 Å². The van der Waals surface area contributed by atoms with E-state index in [2.05, 4.69) is 29.4 Å². The highest BCUT2D eigenvalue weighted by molar-refractivity contribution is 5.80. The summed E-state index contributed by atoms with van der Waals surface area (Å²) < 4.78 is 0. The van der Waals surface area contributed by atoms with Crippen molar-refractivity contribution in [2.45, 2.75) is 70.5 Å². The Kier molecular flexibility index (Phi) is 4.49. The van der Waals surface area contributed by atoms with Crippen LogP contribution in [0.25, 0.3) is 0 Å². The van der Waals surface area contributed by atoms with Gasteiger partial charge in [0.15, 0.2) is 5.96 Å². The molecular weight excluding hydrogens is 248 g/mol. The lowest BCUT2D eigenvalue weighted by Crippen LogP contribution is -2.44. The summed E-state index contributed by atoms with van der Waals surface area (Å²) in [5.74, 6) is 2.00. The van der Waals surface area contributed by atoms with E-state index in [-0.39, 0.29) is 0 Å². The lowest BCUT2D eigenvalue weighted by molar-refractivity contribution is 0.256. The SMILES string of the molecule is CCNC(=NCCC1CC1)NC1CC(C)N(C2CC2)C1. The topological polar surface area (TPSA) is 39.7 Å². The number of hydrogen-bond donors (Lipinski definition) is 2. The highest BCUT2D eigenvalue weighted by atomic mass is 15.3. The number of likely N-dealkylation sites (tertiary alicyclic amines) is 1. The van der Waals surface area contributed by atoms with E-state index in [1.807, 2.05) is 0 Å². The first-order chi connectivity index (χ1) is 9.76. The minimum atomic E-state index is 0.573. The average molecular weight is 278 g/mol. The zero-order valence-electron chi connectivity index (χ0n) is 13.1. The number of nitrogens with zero attached hydrogens (tertiary/aromatic N) is 2. The summed E-state index contributed by atoms with van der Waals surface area (Å²) in [7, 11) is 0. The Balaban J connectivity index is 1.47. The molecule has 2 atom stereocenters. The van der Waals surface area contributed by atoms with Crippen molar-refractivity contribution in [1.29, 1.82) is 0 Å². The van der Waals surface area contributed by atoms with E-state index in [0.29, 0.717) is 6.04 Å². The van der Waals surface area contributed by atoms with Crippen molar-refractivity contribution in [3.63, 3.8) is 0 Å². The highest BCUT2D eigenvalue weighted by Gasteiger charge is 2.38. The third kappa shape index (κ3) is 3.87. The summed E-state index contributed by atoms with van der Waals surface area (Å²) in [6.45, 7) is 7.64. The van der Waals surface area contributed by atoms with Crippen LogP contribution in [0.4, 0.5) is 0 Å². The molecule has 0 radical (unpaired) electrons. The minimum Gasteiger partial charge on any atom is -0.357 e. The van der Waals surface area contributed by atoms with E-state index in [1.165, 1.54) is 45.1 Å². The van der Waals surface area contributed by atoms with Crippen LogP contribution in [0.3, 0.4) is 0 Å². The molecule has 114 valence electrons. The molecule has 4 nitrogen and oxygen atoms in total. The molecule has 2 saturated carbocycles. The number of rotatable bonds is 6. The molecule has 2 unspecified atom stereocenters. The van der Waals surface area contributed by atoms with Crippen molar-refractivity contribution < 1.29 is 0 Å². The van der Waals surface area contributed by atoms with Gasteiger partial charge < -0.3 is 10.6 Å². The van der Waals surface area contributed by atoms with Crippen LogP contribution >= 0.6 is 0 Å². The van der Waals surface area contributed by atoms with Crippen LogP contribution in [0.5, 0.6) is 0 Å². The van der Waals surface area contributed by atoms with Gasteiger partial charge in [-0.05, 0) is 45.4 Å². The Morgan fingerprint density at radius 3 is 2.70 bits per heavy atom. The molecular formula is C16H30N4. The first-order valence-electron chi connectivity index (χ1n) is 8.57. The van der Waals surface area contributed by atoms with Crippen molar-refractivity contribution in [1.82, 2.24) is 15.5 Å². The van der Waals surface area contributed by atoms with Crippen molar-refractivity contribution in [2.24, 2.45) is 10.9 Å². The van der Waals surface area contributed by atoms with Gasteiger partial charge in [-0.3, -0.25) is 9.89 Å². The normalized spacial score (nSPS) is 31.6. The molecule has 0 bridgehead atoms. The molecule has 0 aromatic carbocycles. The number of aliphatic imine (C=N–C) groups is 1. The van der Waals surface area contributed by atoms with Gasteiger partial charge in [-0.2, -0.15) is 0 Å². The van der Waals surface area contributed by atoms with Gasteiger partial charge in [0.2, 0.25) is 0 Å². The van der Waals surface area contributed by atoms with Gasteiger partial charge in [0.1, 0.15) is 0 Å². The van der Waals surface area contributed by atoms with E-state index >= 15 is 0 Å². The Bertz CT molecular complexity index is 346.